The van der Waals surface area contributed by atoms with E-state index in [9.17, 15) is 9.59 Å². The number of carbonyl (C=O) groups is 2. The van der Waals surface area contributed by atoms with E-state index in [0.29, 0.717) is 24.5 Å². The number of hydrogen-bond donors (Lipinski definition) is 0. The number of ketones is 1. The average Bonchev–Trinajstić information content (AvgIpc) is 2.31. The predicted octanol–water partition coefficient (Wildman–Crippen LogP) is 2.39. The van der Waals surface area contributed by atoms with Crippen LogP contribution < -0.4 is 4.74 Å². The van der Waals surface area contributed by atoms with Gasteiger partial charge in [-0.15, -0.1) is 0 Å². The lowest BCUT2D eigenvalue weighted by Crippen LogP contribution is -2.08. The number of Topliss-reactive ketones (excluding diaryl/α,β-unsaturated/α-hetero) is 1. The maximum Gasteiger partial charge on any atom is 0.338 e. The van der Waals surface area contributed by atoms with Gasteiger partial charge < -0.3 is 9.47 Å². The van der Waals surface area contributed by atoms with Gasteiger partial charge >= 0.3 is 5.97 Å². The minimum absolute atomic E-state index is 0.0250. The Morgan fingerprint density at radius 2 is 1.89 bits per heavy atom. The summed E-state index contributed by atoms with van der Waals surface area (Å²) in [4.78, 5) is 22.8. The molecule has 0 fully saturated rings. The number of hydrogen-bond acceptors (Lipinski definition) is 4. The summed E-state index contributed by atoms with van der Waals surface area (Å²) in [6.07, 6.45) is 0.253. The predicted molar refractivity (Wildman–Crippen MR) is 68.0 cm³/mol. The van der Waals surface area contributed by atoms with Crippen LogP contribution in [-0.4, -0.2) is 25.0 Å². The Morgan fingerprint density at radius 1 is 1.17 bits per heavy atom. The van der Waals surface area contributed by atoms with Gasteiger partial charge in [0.1, 0.15) is 11.5 Å². The third-order valence-corrected chi connectivity index (χ3v) is 2.31. The van der Waals surface area contributed by atoms with Gasteiger partial charge in [0.2, 0.25) is 0 Å². The molecule has 0 aromatic heterocycles. The van der Waals surface area contributed by atoms with Crippen LogP contribution in [0.2, 0.25) is 0 Å². The molecule has 0 heterocycles. The van der Waals surface area contributed by atoms with Crippen molar-refractivity contribution in [1.82, 2.24) is 0 Å². The zero-order chi connectivity index (χ0) is 13.5. The Kier molecular flexibility index (Phi) is 5.36. The molecule has 0 unspecified atom stereocenters. The van der Waals surface area contributed by atoms with Crippen molar-refractivity contribution >= 4 is 11.8 Å². The molecule has 0 amide bonds. The molecule has 0 aliphatic carbocycles. The van der Waals surface area contributed by atoms with Crippen LogP contribution in [0.3, 0.4) is 0 Å². The van der Waals surface area contributed by atoms with Crippen LogP contribution in [0.4, 0.5) is 0 Å². The van der Waals surface area contributed by atoms with E-state index in [4.69, 9.17) is 9.47 Å². The topological polar surface area (TPSA) is 52.6 Å². The molecule has 0 aliphatic rings. The van der Waals surface area contributed by atoms with Gasteiger partial charge in [-0.2, -0.15) is 0 Å². The van der Waals surface area contributed by atoms with Gasteiger partial charge in [-0.25, -0.2) is 4.79 Å². The molecule has 98 valence electrons. The zero-order valence-electron chi connectivity index (χ0n) is 11.0. The van der Waals surface area contributed by atoms with E-state index in [1.165, 1.54) is 6.92 Å². The van der Waals surface area contributed by atoms with Gasteiger partial charge in [-0.05, 0) is 39.0 Å². The van der Waals surface area contributed by atoms with E-state index in [0.717, 1.165) is 5.56 Å². The molecule has 18 heavy (non-hydrogen) atoms. The first-order valence-electron chi connectivity index (χ1n) is 6.00. The summed E-state index contributed by atoms with van der Waals surface area (Å²) in [5.41, 5.74) is 1.16. The fraction of sp³-hybridized carbons (Fsp3) is 0.429. The lowest BCUT2D eigenvalue weighted by atomic mass is 10.0. The Hall–Kier alpha value is -1.84. The van der Waals surface area contributed by atoms with Crippen molar-refractivity contribution in [2.45, 2.75) is 27.2 Å². The molecular formula is C14H18O4. The Labute approximate surface area is 107 Å². The lowest BCUT2D eigenvalue weighted by molar-refractivity contribution is -0.116. The van der Waals surface area contributed by atoms with E-state index >= 15 is 0 Å². The molecule has 4 nitrogen and oxygen atoms in total. The van der Waals surface area contributed by atoms with E-state index in [1.54, 1.807) is 25.1 Å². The van der Waals surface area contributed by atoms with Crippen LogP contribution in [0.5, 0.6) is 5.75 Å². The van der Waals surface area contributed by atoms with E-state index in [-0.39, 0.29) is 18.2 Å². The smallest absolute Gasteiger partial charge is 0.338 e. The quantitative estimate of drug-likeness (QED) is 0.727. The first kappa shape index (κ1) is 14.2. The maximum atomic E-state index is 11.6. The summed E-state index contributed by atoms with van der Waals surface area (Å²) in [6, 6.07) is 5.00. The molecule has 0 saturated heterocycles. The molecule has 0 saturated carbocycles. The summed E-state index contributed by atoms with van der Waals surface area (Å²) in [5, 5.41) is 0. The standard InChI is InChI=1S/C14H18O4/c1-4-17-13-7-6-11(14(16)18-5-2)9-12(13)8-10(3)15/h6-7,9H,4-5,8H2,1-3H3. The summed E-state index contributed by atoms with van der Waals surface area (Å²) in [7, 11) is 0. The molecule has 0 spiro atoms. The average molecular weight is 250 g/mol. The molecular weight excluding hydrogens is 232 g/mol. The van der Waals surface area contributed by atoms with Gasteiger partial charge in [-0.3, -0.25) is 4.79 Å². The lowest BCUT2D eigenvalue weighted by Gasteiger charge is -2.10. The second kappa shape index (κ2) is 6.79. The molecule has 0 aliphatic heterocycles. The molecule has 1 rings (SSSR count). The fourth-order valence-corrected chi connectivity index (χ4v) is 1.62. The molecule has 0 atom stereocenters. The maximum absolute atomic E-state index is 11.6. The number of benzene rings is 1. The van der Waals surface area contributed by atoms with Gasteiger partial charge in [0, 0.05) is 12.0 Å². The second-order valence-corrected chi connectivity index (χ2v) is 3.85. The highest BCUT2D eigenvalue weighted by atomic mass is 16.5. The minimum atomic E-state index is -0.384. The van der Waals surface area contributed by atoms with Gasteiger partial charge in [0.05, 0.1) is 18.8 Å². The van der Waals surface area contributed by atoms with Crippen LogP contribution in [0.25, 0.3) is 0 Å². The first-order valence-corrected chi connectivity index (χ1v) is 6.00. The number of rotatable bonds is 6. The SMILES string of the molecule is CCOC(=O)c1ccc(OCC)c(CC(C)=O)c1. The van der Waals surface area contributed by atoms with Crippen LogP contribution in [-0.2, 0) is 16.0 Å². The third kappa shape index (κ3) is 3.87. The summed E-state index contributed by atoms with van der Waals surface area (Å²) in [6.45, 7) is 5.98. The molecule has 4 heteroatoms. The highest BCUT2D eigenvalue weighted by molar-refractivity contribution is 5.90. The van der Waals surface area contributed by atoms with Crippen LogP contribution in [0.1, 0.15) is 36.7 Å². The second-order valence-electron chi connectivity index (χ2n) is 3.85. The molecule has 0 radical (unpaired) electrons. The number of carbonyl (C=O) groups excluding carboxylic acids is 2. The van der Waals surface area contributed by atoms with Crippen molar-refractivity contribution < 1.29 is 19.1 Å². The van der Waals surface area contributed by atoms with Crippen molar-refractivity contribution in [2.24, 2.45) is 0 Å². The molecule has 1 aromatic rings. The van der Waals surface area contributed by atoms with Crippen molar-refractivity contribution in [3.63, 3.8) is 0 Å². The zero-order valence-corrected chi connectivity index (χ0v) is 11.0. The fourth-order valence-electron chi connectivity index (χ4n) is 1.62. The highest BCUT2D eigenvalue weighted by Crippen LogP contribution is 2.21. The highest BCUT2D eigenvalue weighted by Gasteiger charge is 2.12. The summed E-state index contributed by atoms with van der Waals surface area (Å²) < 4.78 is 10.4. The minimum Gasteiger partial charge on any atom is -0.494 e. The van der Waals surface area contributed by atoms with Crippen molar-refractivity contribution in [2.75, 3.05) is 13.2 Å². The van der Waals surface area contributed by atoms with Crippen molar-refractivity contribution in [3.05, 3.63) is 29.3 Å². The summed E-state index contributed by atoms with van der Waals surface area (Å²) in [5.74, 6) is 0.281. The monoisotopic (exact) mass is 250 g/mol. The van der Waals surface area contributed by atoms with E-state index < -0.39 is 0 Å². The van der Waals surface area contributed by atoms with Crippen LogP contribution in [0.15, 0.2) is 18.2 Å². The number of esters is 1. The van der Waals surface area contributed by atoms with Crippen LogP contribution in [0, 0.1) is 0 Å². The Morgan fingerprint density at radius 3 is 2.44 bits per heavy atom. The van der Waals surface area contributed by atoms with Crippen LogP contribution >= 0.6 is 0 Å². The first-order chi connectivity index (χ1) is 8.58. The van der Waals surface area contributed by atoms with E-state index in [1.807, 2.05) is 6.92 Å². The van der Waals surface area contributed by atoms with Gasteiger partial charge in [0.25, 0.3) is 0 Å². The molecule has 0 bridgehead atoms. The Bertz CT molecular complexity index is 437. The van der Waals surface area contributed by atoms with E-state index in [2.05, 4.69) is 0 Å². The molecule has 1 aromatic carbocycles. The largest absolute Gasteiger partial charge is 0.494 e. The van der Waals surface area contributed by atoms with Gasteiger partial charge in [0.15, 0.2) is 0 Å². The Balaban J connectivity index is 3.03. The van der Waals surface area contributed by atoms with Gasteiger partial charge in [-0.1, -0.05) is 0 Å². The number of ether oxygens (including phenoxy) is 2. The normalized spacial score (nSPS) is 9.94. The van der Waals surface area contributed by atoms with Crippen molar-refractivity contribution in [3.8, 4) is 5.75 Å². The molecule has 0 N–H and O–H groups in total. The summed E-state index contributed by atoms with van der Waals surface area (Å²) >= 11 is 0. The van der Waals surface area contributed by atoms with Crippen molar-refractivity contribution in [1.29, 1.82) is 0 Å². The third-order valence-electron chi connectivity index (χ3n) is 2.31.